The molecule has 4 heterocycles. The second-order valence-electron chi connectivity index (χ2n) is 9.85. The molecule has 45 heavy (non-hydrogen) atoms. The molecule has 0 bridgehead atoms. The van der Waals surface area contributed by atoms with Crippen LogP contribution in [0, 0.1) is 37.5 Å². The van der Waals surface area contributed by atoms with E-state index < -0.39 is 0 Å². The molecule has 6 rings (SSSR count). The summed E-state index contributed by atoms with van der Waals surface area (Å²) in [4.78, 5) is 34.6. The molecule has 0 saturated heterocycles. The number of imidazole rings is 2. The molecule has 4 aromatic heterocycles. The summed E-state index contributed by atoms with van der Waals surface area (Å²) in [5, 5.41) is 1.30. The predicted molar refractivity (Wildman–Crippen MR) is 177 cm³/mol. The summed E-state index contributed by atoms with van der Waals surface area (Å²) < 4.78 is 5.20. The van der Waals surface area contributed by atoms with Crippen LogP contribution in [-0.4, -0.2) is 28.7 Å². The molecule has 222 valence electrons. The van der Waals surface area contributed by atoms with Gasteiger partial charge in [0.05, 0.1) is 11.4 Å². The second kappa shape index (κ2) is 13.8. The number of aromatic amines is 1. The molecular weight excluding hydrogens is 607 g/mol. The van der Waals surface area contributed by atoms with Gasteiger partial charge in [0.15, 0.2) is 0 Å². The number of aromatic nitrogens is 6. The summed E-state index contributed by atoms with van der Waals surface area (Å²) in [6.07, 6.45) is 6.96. The highest BCUT2D eigenvalue weighted by molar-refractivity contribution is 6.31. The fourth-order valence-electron chi connectivity index (χ4n) is 4.26. The third-order valence-corrected chi connectivity index (χ3v) is 6.96. The Kier molecular flexibility index (Phi) is 9.50. The lowest BCUT2D eigenvalue weighted by Gasteiger charge is -2.04. The maximum Gasteiger partial charge on any atom is 0.252 e. The molecule has 0 radical (unpaired) electrons. The number of H-pyrrole nitrogens is 1. The van der Waals surface area contributed by atoms with Crippen LogP contribution in [0.3, 0.4) is 0 Å². The van der Waals surface area contributed by atoms with E-state index in [0.717, 1.165) is 34.2 Å². The van der Waals surface area contributed by atoms with Crippen molar-refractivity contribution in [2.45, 2.75) is 13.8 Å². The zero-order chi connectivity index (χ0) is 31.9. The van der Waals surface area contributed by atoms with Crippen molar-refractivity contribution in [3.05, 3.63) is 163 Å². The van der Waals surface area contributed by atoms with E-state index in [1.54, 1.807) is 43.7 Å². The van der Waals surface area contributed by atoms with E-state index in [9.17, 15) is 9.59 Å². The summed E-state index contributed by atoms with van der Waals surface area (Å²) in [7, 11) is 1.72. The van der Waals surface area contributed by atoms with E-state index in [2.05, 4.69) is 38.6 Å². The molecule has 0 fully saturated rings. The van der Waals surface area contributed by atoms with E-state index in [1.165, 1.54) is 10.6 Å². The molecule has 6 aromatic rings. The number of halogens is 2. The maximum absolute atomic E-state index is 11.8. The zero-order valence-electron chi connectivity index (χ0n) is 24.5. The maximum atomic E-state index is 11.8. The van der Waals surface area contributed by atoms with Gasteiger partial charge in [0.1, 0.15) is 23.0 Å². The van der Waals surface area contributed by atoms with Gasteiger partial charge in [-0.3, -0.25) is 9.59 Å². The molecule has 0 spiro atoms. The topological polar surface area (TPSA) is 90.5 Å². The van der Waals surface area contributed by atoms with Crippen LogP contribution in [0.4, 0.5) is 0 Å². The number of nitrogens with one attached hydrogen (secondary N) is 1. The molecule has 0 amide bonds. The van der Waals surface area contributed by atoms with Gasteiger partial charge >= 0.3 is 0 Å². The highest BCUT2D eigenvalue weighted by Crippen LogP contribution is 2.13. The summed E-state index contributed by atoms with van der Waals surface area (Å²) >= 11 is 11.9. The molecule has 0 unspecified atom stereocenters. The Balaban J connectivity index is 0.000000178. The van der Waals surface area contributed by atoms with Gasteiger partial charge in [-0.25, -0.2) is 9.97 Å². The normalized spacial score (nSPS) is 10.2. The van der Waals surface area contributed by atoms with E-state index in [0.29, 0.717) is 21.4 Å². The van der Waals surface area contributed by atoms with Crippen molar-refractivity contribution in [3.8, 4) is 35.1 Å². The number of aryl methyl sites for hydroxylation is 3. The highest BCUT2D eigenvalue weighted by atomic mass is 35.5. The standard InChI is InChI=1S/C18H14ClN3O.C17H12ClN3O/c1-13-20-16(7-6-14-4-3-5-15(19)10-14)12-22(13)17-8-9-21(2)18(23)11-17;1-12-20-15(6-5-13-3-2-4-14(18)9-13)11-21(12)16-7-8-19-17(22)10-16/h3-5,8-12H,1-2H3;2-4,7-11H,1H3,(H,19,22). The molecule has 0 aliphatic rings. The van der Waals surface area contributed by atoms with Gasteiger partial charge in [0, 0.05) is 65.1 Å². The Labute approximate surface area is 269 Å². The molecule has 10 heteroatoms. The Hall–Kier alpha value is -5.54. The first-order valence-corrected chi connectivity index (χ1v) is 14.4. The predicted octanol–water partition coefficient (Wildman–Crippen LogP) is 5.85. The number of hydrogen-bond acceptors (Lipinski definition) is 4. The van der Waals surface area contributed by atoms with Gasteiger partial charge in [-0.1, -0.05) is 47.2 Å². The average molecular weight is 634 g/mol. The van der Waals surface area contributed by atoms with Crippen LogP contribution in [0.25, 0.3) is 11.4 Å². The zero-order valence-corrected chi connectivity index (χ0v) is 26.1. The van der Waals surface area contributed by atoms with Gasteiger partial charge in [-0.15, -0.1) is 0 Å². The summed E-state index contributed by atoms with van der Waals surface area (Å²) in [6, 6.07) is 21.5. The van der Waals surface area contributed by atoms with Crippen molar-refractivity contribution in [2.75, 3.05) is 0 Å². The van der Waals surface area contributed by atoms with Gasteiger partial charge in [0.2, 0.25) is 5.56 Å². The van der Waals surface area contributed by atoms with Crippen LogP contribution in [0.5, 0.6) is 0 Å². The van der Waals surface area contributed by atoms with E-state index in [4.69, 9.17) is 23.2 Å². The highest BCUT2D eigenvalue weighted by Gasteiger charge is 2.06. The minimum atomic E-state index is -0.155. The van der Waals surface area contributed by atoms with Crippen molar-refractivity contribution in [2.24, 2.45) is 7.05 Å². The van der Waals surface area contributed by atoms with Crippen LogP contribution in [0.15, 0.2) is 107 Å². The number of benzene rings is 2. The molecular formula is C35H26Cl2N6O2. The van der Waals surface area contributed by atoms with Gasteiger partial charge in [-0.05, 0) is 74.2 Å². The Morgan fingerprint density at radius 1 is 0.689 bits per heavy atom. The summed E-state index contributed by atoms with van der Waals surface area (Å²) in [6.45, 7) is 3.74. The van der Waals surface area contributed by atoms with Gasteiger partial charge < -0.3 is 18.7 Å². The first kappa shape index (κ1) is 30.9. The SMILES string of the molecule is Cc1nc(C#Cc2cccc(Cl)c2)cn1-c1cc[nH]c(=O)c1.Cc1nc(C#Cc2cccc(Cl)c2)cn1-c1ccn(C)c(=O)c1. The van der Waals surface area contributed by atoms with E-state index >= 15 is 0 Å². The largest absolute Gasteiger partial charge is 0.329 e. The third kappa shape index (κ3) is 8.10. The number of pyridine rings is 2. The number of rotatable bonds is 2. The first-order chi connectivity index (χ1) is 21.6. The van der Waals surface area contributed by atoms with Crippen molar-refractivity contribution in [1.29, 1.82) is 0 Å². The fraction of sp³-hybridized carbons (Fsp3) is 0.0857. The smallest absolute Gasteiger partial charge is 0.252 e. The van der Waals surface area contributed by atoms with Crippen LogP contribution in [0.2, 0.25) is 10.0 Å². The van der Waals surface area contributed by atoms with Crippen LogP contribution in [-0.2, 0) is 7.05 Å². The molecule has 0 aliphatic carbocycles. The summed E-state index contributed by atoms with van der Waals surface area (Å²) in [5.74, 6) is 13.6. The lowest BCUT2D eigenvalue weighted by atomic mass is 10.2. The third-order valence-electron chi connectivity index (χ3n) is 6.49. The Morgan fingerprint density at radius 2 is 1.22 bits per heavy atom. The van der Waals surface area contributed by atoms with Crippen molar-refractivity contribution >= 4 is 23.2 Å². The molecule has 0 saturated carbocycles. The molecule has 0 atom stereocenters. The lowest BCUT2D eigenvalue weighted by molar-refractivity contribution is 0.847. The van der Waals surface area contributed by atoms with E-state index in [1.807, 2.05) is 77.8 Å². The van der Waals surface area contributed by atoms with Crippen LogP contribution >= 0.6 is 23.2 Å². The lowest BCUT2D eigenvalue weighted by Crippen LogP contribution is -2.15. The average Bonchev–Trinajstić information content (AvgIpc) is 3.58. The number of nitrogens with zero attached hydrogens (tertiary/aromatic N) is 5. The van der Waals surface area contributed by atoms with Gasteiger partial charge in [0.25, 0.3) is 5.56 Å². The van der Waals surface area contributed by atoms with Crippen LogP contribution in [0.1, 0.15) is 34.2 Å². The van der Waals surface area contributed by atoms with Gasteiger partial charge in [-0.2, -0.15) is 0 Å². The second-order valence-corrected chi connectivity index (χ2v) is 10.7. The Bertz CT molecular complexity index is 2250. The quantitative estimate of drug-likeness (QED) is 0.242. The minimum absolute atomic E-state index is 0.0674. The minimum Gasteiger partial charge on any atom is -0.329 e. The number of hydrogen-bond donors (Lipinski definition) is 1. The molecule has 2 aromatic carbocycles. The molecule has 8 nitrogen and oxygen atoms in total. The fourth-order valence-corrected chi connectivity index (χ4v) is 4.65. The van der Waals surface area contributed by atoms with E-state index in [-0.39, 0.29) is 11.1 Å². The first-order valence-electron chi connectivity index (χ1n) is 13.7. The van der Waals surface area contributed by atoms with Crippen LogP contribution < -0.4 is 11.1 Å². The molecule has 0 aliphatic heterocycles. The van der Waals surface area contributed by atoms with Crippen molar-refractivity contribution in [3.63, 3.8) is 0 Å². The molecule has 1 N–H and O–H groups in total. The summed E-state index contributed by atoms with van der Waals surface area (Å²) in [5.41, 5.74) is 4.24. The van der Waals surface area contributed by atoms with Crippen molar-refractivity contribution in [1.82, 2.24) is 28.7 Å². The van der Waals surface area contributed by atoms with Crippen molar-refractivity contribution < 1.29 is 0 Å². The monoisotopic (exact) mass is 632 g/mol. The Morgan fingerprint density at radius 3 is 1.71 bits per heavy atom.